The Labute approximate surface area is 81.9 Å². The van der Waals surface area contributed by atoms with Crippen molar-refractivity contribution in [2.24, 2.45) is 0 Å². The van der Waals surface area contributed by atoms with Crippen molar-refractivity contribution in [3.8, 4) is 0 Å². The highest BCUT2D eigenvalue weighted by molar-refractivity contribution is 8.33. The zero-order valence-corrected chi connectivity index (χ0v) is 10.1. The molecule has 0 rings (SSSR count). The molecule has 0 aromatic heterocycles. The predicted octanol–water partition coefficient (Wildman–Crippen LogP) is -0.441. The normalized spacial score (nSPS) is 21.7. The SMILES string of the molecule is O=P(O)(O)P(=O)(O)OP(=O)(O)P(=O)(O)O. The molecule has 0 heterocycles. The van der Waals surface area contributed by atoms with Gasteiger partial charge in [-0.3, -0.25) is 0 Å². The van der Waals surface area contributed by atoms with E-state index in [2.05, 4.69) is 4.31 Å². The van der Waals surface area contributed by atoms with E-state index in [1.807, 2.05) is 0 Å². The number of hydrogen-bond acceptors (Lipinski definition) is 5. The van der Waals surface area contributed by atoms with Crippen molar-refractivity contribution in [3.05, 3.63) is 0 Å². The van der Waals surface area contributed by atoms with Crippen LogP contribution in [0.4, 0.5) is 0 Å². The topological polar surface area (TPSA) is 199 Å². The van der Waals surface area contributed by atoms with Crippen LogP contribution in [0.15, 0.2) is 0 Å². The molecule has 0 aromatic rings. The lowest BCUT2D eigenvalue weighted by atomic mass is 15.8. The van der Waals surface area contributed by atoms with Gasteiger partial charge in [0, 0.05) is 0 Å². The van der Waals surface area contributed by atoms with Crippen LogP contribution < -0.4 is 0 Å². The Morgan fingerprint density at radius 3 is 0.933 bits per heavy atom. The summed E-state index contributed by atoms with van der Waals surface area (Å²) < 4.78 is 44.7. The van der Waals surface area contributed by atoms with Gasteiger partial charge in [0.25, 0.3) is 0 Å². The second kappa shape index (κ2) is 4.14. The van der Waals surface area contributed by atoms with E-state index in [0.717, 1.165) is 0 Å². The third kappa shape index (κ3) is 3.85. The summed E-state index contributed by atoms with van der Waals surface area (Å²) >= 11 is 0. The Morgan fingerprint density at radius 1 is 0.600 bits per heavy atom. The molecule has 0 aliphatic carbocycles. The molecule has 0 saturated heterocycles. The molecule has 0 radical (unpaired) electrons. The largest absolute Gasteiger partial charge is 0.445 e. The molecule has 15 heavy (non-hydrogen) atoms. The van der Waals surface area contributed by atoms with Crippen molar-refractivity contribution in [1.82, 2.24) is 0 Å². The molecular weight excluding hydrogens is 300 g/mol. The van der Waals surface area contributed by atoms with Gasteiger partial charge in [-0.05, 0) is 0 Å². The molecule has 11 nitrogen and oxygen atoms in total. The lowest BCUT2D eigenvalue weighted by Gasteiger charge is -2.17. The molecule has 0 spiro atoms. The fourth-order valence-corrected chi connectivity index (χ4v) is 6.12. The Bertz CT molecular complexity index is 376. The number of rotatable bonds is 4. The molecule has 0 bridgehead atoms. The molecule has 0 aliphatic heterocycles. The highest BCUT2D eigenvalue weighted by Gasteiger charge is 2.54. The second-order valence-corrected chi connectivity index (χ2v) is 12.9. The third-order valence-electron chi connectivity index (χ3n) is 0.871. The van der Waals surface area contributed by atoms with Gasteiger partial charge in [-0.25, -0.2) is 22.6 Å². The molecule has 0 saturated carbocycles. The molecule has 0 fully saturated rings. The summed E-state index contributed by atoms with van der Waals surface area (Å²) in [7, 11) is -23.5. The van der Waals surface area contributed by atoms with Crippen molar-refractivity contribution in [2.75, 3.05) is 0 Å². The lowest BCUT2D eigenvalue weighted by molar-refractivity contribution is 0.312. The molecular formula is H6O11P4. The molecule has 0 aliphatic rings. The molecule has 2 atom stereocenters. The van der Waals surface area contributed by atoms with Crippen LogP contribution in [0.25, 0.3) is 0 Å². The Hall–Kier alpha value is 0.640. The summed E-state index contributed by atoms with van der Waals surface area (Å²) in [6, 6.07) is 0. The van der Waals surface area contributed by atoms with Gasteiger partial charge >= 0.3 is 29.1 Å². The smallest absolute Gasteiger partial charge is 0.316 e. The van der Waals surface area contributed by atoms with Crippen LogP contribution in [0.5, 0.6) is 0 Å². The first-order chi connectivity index (χ1) is 6.21. The highest BCUT2D eigenvalue weighted by Crippen LogP contribution is 2.87. The van der Waals surface area contributed by atoms with Crippen LogP contribution in [-0.2, 0) is 22.6 Å². The summed E-state index contributed by atoms with van der Waals surface area (Å²) in [5, 5.41) is 0. The van der Waals surface area contributed by atoms with Crippen LogP contribution in [0, 0.1) is 0 Å². The van der Waals surface area contributed by atoms with E-state index in [9.17, 15) is 18.3 Å². The van der Waals surface area contributed by atoms with Crippen molar-refractivity contribution in [3.63, 3.8) is 0 Å². The van der Waals surface area contributed by atoms with E-state index in [1.54, 1.807) is 0 Å². The summed E-state index contributed by atoms with van der Waals surface area (Å²) in [4.78, 5) is 49.5. The molecule has 6 N–H and O–H groups in total. The molecule has 2 unspecified atom stereocenters. The number of hydrogen-bond donors (Lipinski definition) is 6. The van der Waals surface area contributed by atoms with Gasteiger partial charge in [-0.2, -0.15) is 0 Å². The zero-order valence-electron chi connectivity index (χ0n) is 6.51. The van der Waals surface area contributed by atoms with Gasteiger partial charge in [0.2, 0.25) is 0 Å². The van der Waals surface area contributed by atoms with Crippen LogP contribution in [0.3, 0.4) is 0 Å². The van der Waals surface area contributed by atoms with Gasteiger partial charge < -0.3 is 29.4 Å². The van der Waals surface area contributed by atoms with Gasteiger partial charge in [-0.15, -0.1) is 0 Å². The second-order valence-electron chi connectivity index (χ2n) is 2.09. The standard InChI is InChI=1S/H6O11P4/c1-12(2,3)14(7,8)11-15(9,10)13(4,5)6/h(H,7,8)(H,9,10)(H2,1,2,3)(H2,4,5,6). The molecule has 0 aromatic carbocycles. The first-order valence-electron chi connectivity index (χ1n) is 2.70. The van der Waals surface area contributed by atoms with Crippen LogP contribution in [-0.4, -0.2) is 29.4 Å². The summed E-state index contributed by atoms with van der Waals surface area (Å²) in [5.41, 5.74) is 0. The molecule has 15 heteroatoms. The molecule has 0 amide bonds. The monoisotopic (exact) mass is 306 g/mol. The van der Waals surface area contributed by atoms with E-state index >= 15 is 0 Å². The average molecular weight is 306 g/mol. The van der Waals surface area contributed by atoms with Crippen LogP contribution in [0.1, 0.15) is 0 Å². The van der Waals surface area contributed by atoms with Crippen molar-refractivity contribution in [1.29, 1.82) is 0 Å². The lowest BCUT2D eigenvalue weighted by Crippen LogP contribution is -1.91. The van der Waals surface area contributed by atoms with E-state index in [1.165, 1.54) is 0 Å². The third-order valence-corrected chi connectivity index (χ3v) is 9.16. The quantitative estimate of drug-likeness (QED) is 0.368. The molecule has 92 valence electrons. The van der Waals surface area contributed by atoms with Crippen LogP contribution in [0.2, 0.25) is 0 Å². The van der Waals surface area contributed by atoms with E-state index < -0.39 is 29.1 Å². The maximum Gasteiger partial charge on any atom is 0.445 e. The van der Waals surface area contributed by atoms with Gasteiger partial charge in [-0.1, -0.05) is 0 Å². The van der Waals surface area contributed by atoms with E-state index in [4.69, 9.17) is 29.4 Å². The van der Waals surface area contributed by atoms with Crippen molar-refractivity contribution < 1.29 is 51.9 Å². The van der Waals surface area contributed by atoms with Gasteiger partial charge in [0.05, 0.1) is 0 Å². The van der Waals surface area contributed by atoms with Gasteiger partial charge in [0.15, 0.2) is 0 Å². The van der Waals surface area contributed by atoms with Gasteiger partial charge in [0.1, 0.15) is 0 Å². The summed E-state index contributed by atoms with van der Waals surface area (Å²) in [5.74, 6) is 0. The summed E-state index contributed by atoms with van der Waals surface area (Å²) in [6.45, 7) is 0. The Balaban J connectivity index is 5.27. The fourth-order valence-electron chi connectivity index (χ4n) is 0.234. The first kappa shape index (κ1) is 15.6. The van der Waals surface area contributed by atoms with Crippen molar-refractivity contribution in [2.45, 2.75) is 0 Å². The Kier molecular flexibility index (Phi) is 4.32. The van der Waals surface area contributed by atoms with Crippen molar-refractivity contribution >= 4 is 29.1 Å². The minimum Gasteiger partial charge on any atom is -0.316 e. The summed E-state index contributed by atoms with van der Waals surface area (Å²) in [6.07, 6.45) is 0. The minimum atomic E-state index is -5.93. The zero-order chi connectivity index (χ0) is 12.7. The fraction of sp³-hybridized carbons (Fsp3) is 0. The average Bonchev–Trinajstić information content (AvgIpc) is 1.77. The first-order valence-corrected chi connectivity index (χ1v) is 10.5. The maximum absolute atomic E-state index is 10.6. The minimum absolute atomic E-state index is 3.05. The maximum atomic E-state index is 10.6. The van der Waals surface area contributed by atoms with E-state index in [-0.39, 0.29) is 0 Å². The van der Waals surface area contributed by atoms with Crippen LogP contribution >= 0.6 is 29.1 Å². The van der Waals surface area contributed by atoms with E-state index in [0.29, 0.717) is 0 Å². The highest BCUT2D eigenvalue weighted by atomic mass is 32.2. The Morgan fingerprint density at radius 2 is 0.800 bits per heavy atom. The predicted molar refractivity (Wildman–Crippen MR) is 44.8 cm³/mol.